The second kappa shape index (κ2) is 3.86. The van der Waals surface area contributed by atoms with Gasteiger partial charge in [0.15, 0.2) is 0 Å². The van der Waals surface area contributed by atoms with Gasteiger partial charge in [-0.2, -0.15) is 0 Å². The van der Waals surface area contributed by atoms with Crippen LogP contribution < -0.4 is 0 Å². The highest BCUT2D eigenvalue weighted by Crippen LogP contribution is 2.12. The first-order chi connectivity index (χ1) is 6.40. The van der Waals surface area contributed by atoms with E-state index in [1.165, 1.54) is 6.20 Å². The van der Waals surface area contributed by atoms with Crippen LogP contribution in [0.3, 0.4) is 0 Å². The summed E-state index contributed by atoms with van der Waals surface area (Å²) in [5.41, 5.74) is 1.05. The topological polar surface area (TPSA) is 25.2 Å². The van der Waals surface area contributed by atoms with Gasteiger partial charge in [0.05, 0.1) is 11.7 Å². The Hall–Kier alpha value is -1.25. The van der Waals surface area contributed by atoms with Gasteiger partial charge < -0.3 is 0 Å². The SMILES string of the molecule is CC(=NC(C)(C)C)c1ccncc1F. The van der Waals surface area contributed by atoms with Crippen molar-refractivity contribution in [2.24, 2.45) is 4.99 Å². The van der Waals surface area contributed by atoms with Gasteiger partial charge >= 0.3 is 0 Å². The van der Waals surface area contributed by atoms with Gasteiger partial charge in [-0.15, -0.1) is 0 Å². The highest BCUT2D eigenvalue weighted by atomic mass is 19.1. The summed E-state index contributed by atoms with van der Waals surface area (Å²) in [6.45, 7) is 7.75. The fourth-order valence-electron chi connectivity index (χ4n) is 1.23. The lowest BCUT2D eigenvalue weighted by Gasteiger charge is -2.14. The summed E-state index contributed by atoms with van der Waals surface area (Å²) < 4.78 is 13.3. The number of hydrogen-bond donors (Lipinski definition) is 0. The van der Waals surface area contributed by atoms with Crippen molar-refractivity contribution in [2.45, 2.75) is 33.2 Å². The van der Waals surface area contributed by atoms with E-state index in [1.807, 2.05) is 27.7 Å². The summed E-state index contributed by atoms with van der Waals surface area (Å²) in [7, 11) is 0. The predicted octanol–water partition coefficient (Wildman–Crippen LogP) is 2.83. The zero-order valence-corrected chi connectivity index (χ0v) is 9.00. The molecule has 0 saturated carbocycles. The maximum atomic E-state index is 13.3. The second-order valence-electron chi connectivity index (χ2n) is 4.22. The predicted molar refractivity (Wildman–Crippen MR) is 56.2 cm³/mol. The minimum atomic E-state index is -0.321. The van der Waals surface area contributed by atoms with E-state index in [4.69, 9.17) is 0 Å². The van der Waals surface area contributed by atoms with Crippen LogP contribution in [0.4, 0.5) is 4.39 Å². The van der Waals surface area contributed by atoms with Crippen LogP contribution in [0, 0.1) is 5.82 Å². The van der Waals surface area contributed by atoms with E-state index in [2.05, 4.69) is 9.98 Å². The first-order valence-electron chi connectivity index (χ1n) is 4.56. The van der Waals surface area contributed by atoms with E-state index in [1.54, 1.807) is 12.3 Å². The van der Waals surface area contributed by atoms with Crippen molar-refractivity contribution in [1.82, 2.24) is 4.98 Å². The second-order valence-corrected chi connectivity index (χ2v) is 4.22. The van der Waals surface area contributed by atoms with Gasteiger partial charge in [0.25, 0.3) is 0 Å². The molecule has 3 heteroatoms. The normalized spacial score (nSPS) is 13.1. The van der Waals surface area contributed by atoms with Crippen LogP contribution in [0.15, 0.2) is 23.5 Å². The van der Waals surface area contributed by atoms with Crippen molar-refractivity contribution in [3.8, 4) is 0 Å². The Balaban J connectivity index is 3.07. The van der Waals surface area contributed by atoms with Gasteiger partial charge in [-0.1, -0.05) is 0 Å². The summed E-state index contributed by atoms with van der Waals surface area (Å²) in [6.07, 6.45) is 2.77. The Morgan fingerprint density at radius 1 is 1.43 bits per heavy atom. The first kappa shape index (κ1) is 10.8. The third kappa shape index (κ3) is 2.91. The quantitative estimate of drug-likeness (QED) is 0.631. The number of aromatic nitrogens is 1. The molecule has 0 aliphatic heterocycles. The summed E-state index contributed by atoms with van der Waals surface area (Å²) in [6, 6.07) is 1.64. The summed E-state index contributed by atoms with van der Waals surface area (Å²) in [5, 5.41) is 0. The molecule has 0 aliphatic carbocycles. The molecule has 0 spiro atoms. The van der Waals surface area contributed by atoms with Crippen molar-refractivity contribution >= 4 is 5.71 Å². The molecule has 1 aromatic rings. The van der Waals surface area contributed by atoms with Crippen molar-refractivity contribution in [3.63, 3.8) is 0 Å². The molecule has 1 aromatic heterocycles. The molecule has 0 atom stereocenters. The maximum absolute atomic E-state index is 13.3. The number of halogens is 1. The lowest BCUT2D eigenvalue weighted by atomic mass is 10.1. The fraction of sp³-hybridized carbons (Fsp3) is 0.455. The van der Waals surface area contributed by atoms with Gasteiger partial charge in [-0.05, 0) is 33.8 Å². The Labute approximate surface area is 83.9 Å². The molecule has 0 amide bonds. The average Bonchev–Trinajstić information content (AvgIpc) is 2.01. The number of rotatable bonds is 1. The van der Waals surface area contributed by atoms with Crippen molar-refractivity contribution in [1.29, 1.82) is 0 Å². The third-order valence-corrected chi connectivity index (χ3v) is 1.67. The zero-order chi connectivity index (χ0) is 10.8. The molecule has 0 saturated heterocycles. The molecule has 0 bridgehead atoms. The largest absolute Gasteiger partial charge is 0.284 e. The van der Waals surface area contributed by atoms with Gasteiger partial charge in [-0.25, -0.2) is 4.39 Å². The van der Waals surface area contributed by atoms with E-state index in [0.717, 1.165) is 0 Å². The minimum Gasteiger partial charge on any atom is -0.284 e. The minimum absolute atomic E-state index is 0.181. The van der Waals surface area contributed by atoms with E-state index in [9.17, 15) is 4.39 Å². The molecule has 0 aliphatic rings. The summed E-state index contributed by atoms with van der Waals surface area (Å²) in [5.74, 6) is -0.321. The molecule has 1 rings (SSSR count). The molecular formula is C11H15FN2. The van der Waals surface area contributed by atoms with Crippen molar-refractivity contribution in [2.75, 3.05) is 0 Å². The van der Waals surface area contributed by atoms with Crippen LogP contribution in [-0.2, 0) is 0 Å². The molecule has 2 nitrogen and oxygen atoms in total. The van der Waals surface area contributed by atoms with Crippen LogP contribution in [0.2, 0.25) is 0 Å². The van der Waals surface area contributed by atoms with E-state index >= 15 is 0 Å². The number of pyridine rings is 1. The van der Waals surface area contributed by atoms with Crippen molar-refractivity contribution in [3.05, 3.63) is 29.8 Å². The third-order valence-electron chi connectivity index (χ3n) is 1.67. The molecule has 0 radical (unpaired) electrons. The monoisotopic (exact) mass is 194 g/mol. The Morgan fingerprint density at radius 2 is 2.07 bits per heavy atom. The molecule has 1 heterocycles. The van der Waals surface area contributed by atoms with Crippen LogP contribution in [0.25, 0.3) is 0 Å². The van der Waals surface area contributed by atoms with Gasteiger partial charge in [0.2, 0.25) is 0 Å². The van der Waals surface area contributed by atoms with E-state index in [0.29, 0.717) is 11.3 Å². The number of nitrogens with zero attached hydrogens (tertiary/aromatic N) is 2. The molecule has 0 aromatic carbocycles. The number of hydrogen-bond acceptors (Lipinski definition) is 2. The highest BCUT2D eigenvalue weighted by molar-refractivity contribution is 5.99. The Bertz CT molecular complexity index is 351. The van der Waals surface area contributed by atoms with Gasteiger partial charge in [-0.3, -0.25) is 9.98 Å². The smallest absolute Gasteiger partial charge is 0.150 e. The maximum Gasteiger partial charge on any atom is 0.150 e. The van der Waals surface area contributed by atoms with E-state index < -0.39 is 0 Å². The fourth-order valence-corrected chi connectivity index (χ4v) is 1.23. The Kier molecular flexibility index (Phi) is 2.99. The molecule has 0 fully saturated rings. The van der Waals surface area contributed by atoms with Gasteiger partial charge in [0.1, 0.15) is 5.82 Å². The van der Waals surface area contributed by atoms with Crippen LogP contribution in [0.5, 0.6) is 0 Å². The molecule has 0 unspecified atom stereocenters. The molecule has 76 valence electrons. The zero-order valence-electron chi connectivity index (χ0n) is 9.00. The summed E-state index contributed by atoms with van der Waals surface area (Å²) in [4.78, 5) is 8.08. The lowest BCUT2D eigenvalue weighted by molar-refractivity contribution is 0.581. The van der Waals surface area contributed by atoms with Gasteiger partial charge in [0, 0.05) is 17.5 Å². The lowest BCUT2D eigenvalue weighted by Crippen LogP contribution is -2.14. The standard InChI is InChI=1S/C11H15FN2/c1-8(14-11(2,3)4)9-5-6-13-7-10(9)12/h5-7H,1-4H3. The summed E-state index contributed by atoms with van der Waals surface area (Å²) >= 11 is 0. The molecule has 0 N–H and O–H groups in total. The highest BCUT2D eigenvalue weighted by Gasteiger charge is 2.10. The first-order valence-corrected chi connectivity index (χ1v) is 4.56. The van der Waals surface area contributed by atoms with Crippen LogP contribution in [0.1, 0.15) is 33.3 Å². The molecular weight excluding hydrogens is 179 g/mol. The van der Waals surface area contributed by atoms with E-state index in [-0.39, 0.29) is 11.4 Å². The van der Waals surface area contributed by atoms with Crippen LogP contribution in [-0.4, -0.2) is 16.2 Å². The van der Waals surface area contributed by atoms with Crippen LogP contribution >= 0.6 is 0 Å². The molecule has 14 heavy (non-hydrogen) atoms. The number of aliphatic imine (C=N–C) groups is 1. The average molecular weight is 194 g/mol. The van der Waals surface area contributed by atoms with Crippen molar-refractivity contribution < 1.29 is 4.39 Å². The Morgan fingerprint density at radius 3 is 2.57 bits per heavy atom.